The first-order chi connectivity index (χ1) is 17.6. The van der Waals surface area contributed by atoms with Gasteiger partial charge in [-0.05, 0) is 62.3 Å². The van der Waals surface area contributed by atoms with Crippen molar-refractivity contribution in [2.75, 3.05) is 4.90 Å². The molecule has 12 heteroatoms. The molecular weight excluding hydrogens is 527 g/mol. The molecule has 38 heavy (non-hydrogen) atoms. The van der Waals surface area contributed by atoms with Gasteiger partial charge in [0.05, 0.1) is 22.3 Å². The van der Waals surface area contributed by atoms with Crippen LogP contribution in [0.3, 0.4) is 0 Å². The van der Waals surface area contributed by atoms with Crippen molar-refractivity contribution in [3.63, 3.8) is 0 Å². The first-order valence-corrected chi connectivity index (χ1v) is 13.1. The van der Waals surface area contributed by atoms with Crippen molar-refractivity contribution in [3.8, 4) is 0 Å². The summed E-state index contributed by atoms with van der Waals surface area (Å²) >= 11 is 0. The zero-order valence-electron chi connectivity index (χ0n) is 20.9. The number of pyridine rings is 1. The lowest BCUT2D eigenvalue weighted by Gasteiger charge is -2.32. The number of halogens is 5. The van der Waals surface area contributed by atoms with E-state index in [1.807, 2.05) is 0 Å². The van der Waals surface area contributed by atoms with Crippen molar-refractivity contribution in [2.45, 2.75) is 46.0 Å². The van der Waals surface area contributed by atoms with Crippen LogP contribution in [-0.4, -0.2) is 37.4 Å². The molecule has 4 rings (SSSR count). The molecule has 3 unspecified atom stereocenters. The summed E-state index contributed by atoms with van der Waals surface area (Å²) in [6.07, 6.45) is 0.397. The van der Waals surface area contributed by atoms with E-state index in [0.717, 1.165) is 0 Å². The van der Waals surface area contributed by atoms with Crippen LogP contribution in [0.1, 0.15) is 31.9 Å². The molecule has 202 valence electrons. The van der Waals surface area contributed by atoms with Gasteiger partial charge in [-0.2, -0.15) is 22.3 Å². The fourth-order valence-corrected chi connectivity index (χ4v) is 5.81. The third-order valence-corrected chi connectivity index (χ3v) is 8.33. The van der Waals surface area contributed by atoms with E-state index in [0.29, 0.717) is 35.0 Å². The van der Waals surface area contributed by atoms with Crippen LogP contribution in [-0.2, 0) is 10.0 Å². The van der Waals surface area contributed by atoms with Crippen molar-refractivity contribution >= 4 is 27.1 Å². The minimum Gasteiger partial charge on any atom is -0.328 e. The van der Waals surface area contributed by atoms with Gasteiger partial charge in [-0.15, -0.1) is 0 Å². The van der Waals surface area contributed by atoms with Gasteiger partial charge >= 0.3 is 6.18 Å². The second kappa shape index (κ2) is 9.73. The lowest BCUT2D eigenvalue weighted by Crippen LogP contribution is -2.43. The quantitative estimate of drug-likeness (QED) is 0.361. The van der Waals surface area contributed by atoms with E-state index >= 15 is 0 Å². The first-order valence-electron chi connectivity index (χ1n) is 11.6. The van der Waals surface area contributed by atoms with Crippen LogP contribution < -0.4 is 9.62 Å². The third-order valence-electron chi connectivity index (χ3n) is 6.79. The average Bonchev–Trinajstić information content (AvgIpc) is 2.98. The number of aromatic nitrogens is 1. The van der Waals surface area contributed by atoms with Crippen molar-refractivity contribution in [1.29, 1.82) is 5.41 Å². The van der Waals surface area contributed by atoms with Crippen molar-refractivity contribution in [2.24, 2.45) is 5.92 Å². The smallest absolute Gasteiger partial charge is 0.328 e. The number of nitrogens with zero attached hydrogens (tertiary/aromatic N) is 2. The molecule has 2 aromatic rings. The Morgan fingerprint density at radius 3 is 2.45 bits per heavy atom. The zero-order chi connectivity index (χ0) is 28.2. The molecule has 0 radical (unpaired) electrons. The molecule has 2 aliphatic rings. The van der Waals surface area contributed by atoms with Gasteiger partial charge in [0.15, 0.2) is 0 Å². The summed E-state index contributed by atoms with van der Waals surface area (Å²) in [5.74, 6) is -1.76. The number of fused-ring (bicyclic) bond motifs is 1. The fourth-order valence-electron chi connectivity index (χ4n) is 4.49. The van der Waals surface area contributed by atoms with Crippen molar-refractivity contribution in [1.82, 2.24) is 9.71 Å². The van der Waals surface area contributed by atoms with Gasteiger partial charge in [0.1, 0.15) is 11.9 Å². The Morgan fingerprint density at radius 2 is 1.82 bits per heavy atom. The second-order valence-corrected chi connectivity index (χ2v) is 11.1. The lowest BCUT2D eigenvalue weighted by atomic mass is 9.86. The Kier molecular flexibility index (Phi) is 7.08. The molecule has 0 bridgehead atoms. The summed E-state index contributed by atoms with van der Waals surface area (Å²) in [5.41, 5.74) is 2.43. The number of nitrogens with one attached hydrogen (secondary N) is 2. The van der Waals surface area contributed by atoms with E-state index in [-0.39, 0.29) is 16.2 Å². The molecule has 6 nitrogen and oxygen atoms in total. The topological polar surface area (TPSA) is 86.2 Å². The summed E-state index contributed by atoms with van der Waals surface area (Å²) in [4.78, 5) is 4.86. The average molecular weight is 553 g/mol. The van der Waals surface area contributed by atoms with Crippen LogP contribution in [0, 0.1) is 30.0 Å². The molecule has 0 spiro atoms. The normalized spacial score (nSPS) is 20.9. The Balaban J connectivity index is 1.86. The maximum Gasteiger partial charge on any atom is 0.404 e. The monoisotopic (exact) mass is 552 g/mol. The van der Waals surface area contributed by atoms with E-state index in [9.17, 15) is 30.4 Å². The number of aryl methyl sites for hydroxylation is 1. The molecule has 1 aliphatic carbocycles. The minimum absolute atomic E-state index is 0.00514. The van der Waals surface area contributed by atoms with Gasteiger partial charge in [0.25, 0.3) is 0 Å². The van der Waals surface area contributed by atoms with E-state index in [1.54, 1.807) is 36.5 Å². The molecule has 0 saturated carbocycles. The molecular formula is C26H25F5N4O2S. The minimum atomic E-state index is -4.77. The first kappa shape index (κ1) is 27.6. The fraction of sp³-hybridized carbons (Fsp3) is 0.308. The molecule has 1 aromatic carbocycles. The SMILES string of the molecule is CC1=CC(S(=O)(=O)NC(C)C(F)(F)F)=CC=C(C2C(=N)c3cc(F)c(C)cc3N2c2ccnc(F)c2)C1C. The summed E-state index contributed by atoms with van der Waals surface area (Å²) in [6, 6.07) is 2.31. The van der Waals surface area contributed by atoms with E-state index in [4.69, 9.17) is 5.41 Å². The molecule has 3 atom stereocenters. The van der Waals surface area contributed by atoms with Crippen LogP contribution >= 0.6 is 0 Å². The lowest BCUT2D eigenvalue weighted by molar-refractivity contribution is -0.146. The van der Waals surface area contributed by atoms with Gasteiger partial charge in [-0.1, -0.05) is 18.6 Å². The Morgan fingerprint density at radius 1 is 1.13 bits per heavy atom. The highest BCUT2D eigenvalue weighted by Crippen LogP contribution is 2.44. The number of alkyl halides is 3. The number of hydrogen-bond acceptors (Lipinski definition) is 5. The van der Waals surface area contributed by atoms with Gasteiger partial charge in [0, 0.05) is 29.4 Å². The highest BCUT2D eigenvalue weighted by atomic mass is 32.2. The van der Waals surface area contributed by atoms with Gasteiger partial charge in [-0.25, -0.2) is 17.8 Å². The highest BCUT2D eigenvalue weighted by molar-refractivity contribution is 7.93. The van der Waals surface area contributed by atoms with Crippen molar-refractivity contribution in [3.05, 3.63) is 87.6 Å². The van der Waals surface area contributed by atoms with Gasteiger partial charge in [-0.3, -0.25) is 0 Å². The van der Waals surface area contributed by atoms with E-state index in [2.05, 4.69) is 4.98 Å². The Labute approximate surface area is 217 Å². The van der Waals surface area contributed by atoms with Crippen LogP contribution in [0.25, 0.3) is 0 Å². The van der Waals surface area contributed by atoms with Crippen LogP contribution in [0.5, 0.6) is 0 Å². The van der Waals surface area contributed by atoms with Crippen molar-refractivity contribution < 1.29 is 30.4 Å². The van der Waals surface area contributed by atoms with Gasteiger partial charge < -0.3 is 10.3 Å². The van der Waals surface area contributed by atoms with Crippen LogP contribution in [0.15, 0.2) is 64.7 Å². The molecule has 1 aromatic heterocycles. The number of rotatable bonds is 5. The Bertz CT molecular complexity index is 1510. The maximum atomic E-state index is 14.5. The van der Waals surface area contributed by atoms with E-state index in [1.165, 1.54) is 42.6 Å². The largest absolute Gasteiger partial charge is 0.404 e. The molecule has 0 amide bonds. The number of anilines is 2. The summed E-state index contributed by atoms with van der Waals surface area (Å²) in [7, 11) is -4.55. The molecule has 2 heterocycles. The van der Waals surface area contributed by atoms with Crippen LogP contribution in [0.2, 0.25) is 0 Å². The summed E-state index contributed by atoms with van der Waals surface area (Å²) in [5, 5.41) is 8.93. The molecule has 2 N–H and O–H groups in total. The van der Waals surface area contributed by atoms with Crippen LogP contribution in [0.4, 0.5) is 33.3 Å². The molecule has 1 aliphatic heterocycles. The number of allylic oxidation sites excluding steroid dienone is 4. The number of sulfonamides is 1. The number of hydrogen-bond donors (Lipinski definition) is 2. The maximum absolute atomic E-state index is 14.5. The number of benzene rings is 1. The summed E-state index contributed by atoms with van der Waals surface area (Å²) < 4.78 is 95.0. The highest BCUT2D eigenvalue weighted by Gasteiger charge is 2.42. The zero-order valence-corrected chi connectivity index (χ0v) is 21.7. The molecule has 0 saturated heterocycles. The summed E-state index contributed by atoms with van der Waals surface area (Å²) in [6.45, 7) is 5.67. The van der Waals surface area contributed by atoms with E-state index < -0.39 is 46.0 Å². The predicted octanol–water partition coefficient (Wildman–Crippen LogP) is 5.83. The standard InChI is InChI=1S/C26H25F5N4O2S/c1-13-9-18(38(36,37)34-16(4)26(29,30)31)5-6-19(15(13)3)25-24(32)20-12-21(27)14(2)10-22(20)35(25)17-7-8-33-23(28)11-17/h5-12,15-16,25,32,34H,1-4H3. The Hall–Kier alpha value is -3.38. The second-order valence-electron chi connectivity index (χ2n) is 9.37. The predicted molar refractivity (Wildman–Crippen MR) is 135 cm³/mol. The third kappa shape index (κ3) is 5.02. The molecule has 0 fully saturated rings. The van der Waals surface area contributed by atoms with Gasteiger partial charge in [0.2, 0.25) is 16.0 Å².